The molecule has 0 aromatic heterocycles. The van der Waals surface area contributed by atoms with Crippen LogP contribution in [0.25, 0.3) is 0 Å². The van der Waals surface area contributed by atoms with Crippen molar-refractivity contribution in [2.24, 2.45) is 0 Å². The Balaban J connectivity index is 3.00. The molecule has 0 unspecified atom stereocenters. The Hall–Kier alpha value is 0.499. The second kappa shape index (κ2) is 10.3. The fraction of sp³-hybridized carbons (Fsp3) is 0.667. The van der Waals surface area contributed by atoms with Crippen LogP contribution in [0, 0.1) is 0 Å². The molecule has 0 aliphatic rings. The molecule has 114 valence electrons. The van der Waals surface area contributed by atoms with Gasteiger partial charge in [-0.3, -0.25) is 0 Å². The topological polar surface area (TPSA) is 0 Å². The number of hydrogen-bond donors (Lipinski definition) is 0. The van der Waals surface area contributed by atoms with Gasteiger partial charge in [0.25, 0.3) is 0 Å². The molecule has 0 atom stereocenters. The van der Waals surface area contributed by atoms with Crippen molar-refractivity contribution in [2.75, 3.05) is 0 Å². The van der Waals surface area contributed by atoms with Crippen molar-refractivity contribution >= 4 is 37.9 Å². The Labute approximate surface area is 138 Å². The molecule has 0 saturated carbocycles. The summed E-state index contributed by atoms with van der Waals surface area (Å²) in [6.07, 6.45) is 8.40. The Morgan fingerprint density at radius 1 is 0.750 bits per heavy atom. The monoisotopic (exact) mass is 446 g/mol. The summed E-state index contributed by atoms with van der Waals surface area (Å²) in [6.45, 7) is 7.04. The van der Waals surface area contributed by atoms with E-state index in [0.717, 1.165) is 0 Å². The van der Waals surface area contributed by atoms with Crippen LogP contribution < -0.4 is 3.58 Å². The summed E-state index contributed by atoms with van der Waals surface area (Å²) in [7, 11) is 0. The van der Waals surface area contributed by atoms with E-state index in [1.807, 2.05) is 0 Å². The van der Waals surface area contributed by atoms with Crippen LogP contribution in [0.15, 0.2) is 28.7 Å². The average Bonchev–Trinajstić information content (AvgIpc) is 2.48. The summed E-state index contributed by atoms with van der Waals surface area (Å²) in [6, 6.07) is 9.43. The first-order valence-electron chi connectivity index (χ1n) is 8.44. The van der Waals surface area contributed by atoms with Crippen molar-refractivity contribution in [3.05, 3.63) is 28.7 Å². The zero-order valence-corrected chi connectivity index (χ0v) is 18.0. The van der Waals surface area contributed by atoms with Crippen molar-refractivity contribution in [1.29, 1.82) is 0 Å². The summed E-state index contributed by atoms with van der Waals surface area (Å²) in [5, 5.41) is 0. The van der Waals surface area contributed by atoms with Gasteiger partial charge in [-0.25, -0.2) is 0 Å². The fourth-order valence-corrected chi connectivity index (χ4v) is 19.3. The zero-order valence-electron chi connectivity index (χ0n) is 13.6. The average molecular weight is 446 g/mol. The number of benzene rings is 1. The summed E-state index contributed by atoms with van der Waals surface area (Å²) < 4.78 is 7.69. The molecule has 1 aromatic carbocycles. The molecular formula is C18H31BrSn. The minimum atomic E-state index is -2.15. The molecule has 20 heavy (non-hydrogen) atoms. The van der Waals surface area contributed by atoms with Gasteiger partial charge in [-0.1, -0.05) is 0 Å². The van der Waals surface area contributed by atoms with Gasteiger partial charge in [-0.15, -0.1) is 0 Å². The molecule has 1 rings (SSSR count). The first-order chi connectivity index (χ1) is 9.68. The molecule has 0 spiro atoms. The van der Waals surface area contributed by atoms with Crippen LogP contribution in [0.3, 0.4) is 0 Å². The quantitative estimate of drug-likeness (QED) is 0.360. The van der Waals surface area contributed by atoms with Gasteiger partial charge in [0.1, 0.15) is 0 Å². The van der Waals surface area contributed by atoms with E-state index in [0.29, 0.717) is 0 Å². The van der Waals surface area contributed by atoms with Crippen LogP contribution in [0.2, 0.25) is 13.3 Å². The third kappa shape index (κ3) is 5.71. The molecule has 0 heterocycles. The minimum absolute atomic E-state index is 1.22. The van der Waals surface area contributed by atoms with E-state index in [9.17, 15) is 0 Å². The maximum atomic E-state index is 3.59. The van der Waals surface area contributed by atoms with Gasteiger partial charge in [-0.2, -0.15) is 0 Å². The van der Waals surface area contributed by atoms with E-state index in [1.54, 1.807) is 16.9 Å². The molecule has 0 N–H and O–H groups in total. The molecule has 0 nitrogen and oxygen atoms in total. The number of unbranched alkanes of at least 4 members (excludes halogenated alkanes) is 3. The van der Waals surface area contributed by atoms with Crippen LogP contribution in [-0.2, 0) is 0 Å². The van der Waals surface area contributed by atoms with Crippen LogP contribution in [0.4, 0.5) is 0 Å². The van der Waals surface area contributed by atoms with Gasteiger partial charge in [0, 0.05) is 0 Å². The molecule has 0 aliphatic heterocycles. The molecule has 0 amide bonds. The van der Waals surface area contributed by atoms with Crippen molar-refractivity contribution in [3.63, 3.8) is 0 Å². The predicted molar refractivity (Wildman–Crippen MR) is 98.7 cm³/mol. The van der Waals surface area contributed by atoms with Crippen LogP contribution in [-0.4, -0.2) is 18.4 Å². The predicted octanol–water partition coefficient (Wildman–Crippen LogP) is 6.51. The molecule has 0 saturated heterocycles. The summed E-state index contributed by atoms with van der Waals surface area (Å²) in [5.74, 6) is 0. The Morgan fingerprint density at radius 2 is 1.15 bits per heavy atom. The summed E-state index contributed by atoms with van der Waals surface area (Å²) >= 11 is 1.45. The number of hydrogen-bond acceptors (Lipinski definition) is 0. The van der Waals surface area contributed by atoms with E-state index in [-0.39, 0.29) is 0 Å². The third-order valence-corrected chi connectivity index (χ3v) is 20.7. The molecule has 2 heteroatoms. The van der Waals surface area contributed by atoms with E-state index in [1.165, 1.54) is 43.0 Å². The molecule has 0 aliphatic carbocycles. The van der Waals surface area contributed by atoms with Crippen LogP contribution in [0.1, 0.15) is 59.3 Å². The SMILES string of the molecule is CCC[CH2][Sn]([CH2]CCC)([CH2]CCC)[c]1ccc(Br)cc1. The van der Waals surface area contributed by atoms with E-state index >= 15 is 0 Å². The van der Waals surface area contributed by atoms with Crippen molar-refractivity contribution in [2.45, 2.75) is 72.6 Å². The Bertz CT molecular complexity index is 336. The standard InChI is InChI=1S/C6H4Br.3C4H9.Sn/c7-6-4-2-1-3-5-6;3*1-3-4-2;/h2-5H;3*1,3-4H2,2H3;. The Kier molecular flexibility index (Phi) is 9.52. The van der Waals surface area contributed by atoms with E-state index < -0.39 is 18.4 Å². The normalized spacial score (nSPS) is 11.8. The molecule has 0 fully saturated rings. The first kappa shape index (κ1) is 18.5. The molecule has 0 radical (unpaired) electrons. The molecule has 0 bridgehead atoms. The number of rotatable bonds is 10. The van der Waals surface area contributed by atoms with Gasteiger partial charge in [0.15, 0.2) is 0 Å². The van der Waals surface area contributed by atoms with Gasteiger partial charge >= 0.3 is 139 Å². The second-order valence-electron chi connectivity index (χ2n) is 6.10. The summed E-state index contributed by atoms with van der Waals surface area (Å²) in [5.41, 5.74) is 0. The van der Waals surface area contributed by atoms with Crippen molar-refractivity contribution < 1.29 is 0 Å². The van der Waals surface area contributed by atoms with Gasteiger partial charge in [0.05, 0.1) is 0 Å². The zero-order chi connectivity index (χ0) is 14.8. The fourth-order valence-electron chi connectivity index (χ4n) is 3.16. The van der Waals surface area contributed by atoms with Crippen molar-refractivity contribution in [3.8, 4) is 0 Å². The Morgan fingerprint density at radius 3 is 1.50 bits per heavy atom. The van der Waals surface area contributed by atoms with E-state index in [4.69, 9.17) is 0 Å². The van der Waals surface area contributed by atoms with Crippen molar-refractivity contribution in [1.82, 2.24) is 0 Å². The van der Waals surface area contributed by atoms with Gasteiger partial charge in [0.2, 0.25) is 0 Å². The maximum absolute atomic E-state index is 3.59. The molecular weight excluding hydrogens is 415 g/mol. The second-order valence-corrected chi connectivity index (χ2v) is 20.3. The van der Waals surface area contributed by atoms with Gasteiger partial charge in [-0.05, 0) is 0 Å². The summed E-state index contributed by atoms with van der Waals surface area (Å²) in [4.78, 5) is 0. The third-order valence-electron chi connectivity index (χ3n) is 4.48. The molecule has 1 aromatic rings. The first-order valence-corrected chi connectivity index (χ1v) is 16.7. The number of halogens is 1. The van der Waals surface area contributed by atoms with E-state index in [2.05, 4.69) is 61.0 Å². The van der Waals surface area contributed by atoms with Gasteiger partial charge < -0.3 is 0 Å². The van der Waals surface area contributed by atoms with Crippen LogP contribution in [0.5, 0.6) is 0 Å². The van der Waals surface area contributed by atoms with Crippen LogP contribution >= 0.6 is 15.9 Å².